The van der Waals surface area contributed by atoms with E-state index in [1.165, 1.54) is 4.88 Å². The minimum Gasteiger partial charge on any atom is -0.379 e. The summed E-state index contributed by atoms with van der Waals surface area (Å²) < 4.78 is 5.47. The summed E-state index contributed by atoms with van der Waals surface area (Å²) in [6.45, 7) is 7.98. The molecule has 0 aliphatic carbocycles. The predicted octanol–water partition coefficient (Wildman–Crippen LogP) is 3.17. The van der Waals surface area contributed by atoms with Crippen LogP contribution in [0.5, 0.6) is 0 Å². The van der Waals surface area contributed by atoms with Crippen LogP contribution in [0.4, 0.5) is 0 Å². The van der Waals surface area contributed by atoms with Crippen molar-refractivity contribution < 1.29 is 9.53 Å². The zero-order valence-electron chi connectivity index (χ0n) is 14.2. The molecule has 3 rings (SSSR count). The number of thiophene rings is 1. The Balaban J connectivity index is 1.71. The maximum absolute atomic E-state index is 12.6. The summed E-state index contributed by atoms with van der Waals surface area (Å²) in [4.78, 5) is 16.3. The molecule has 0 bridgehead atoms. The average Bonchev–Trinajstić information content (AvgIpc) is 3.12. The number of amides is 1. The summed E-state index contributed by atoms with van der Waals surface area (Å²) in [7, 11) is 0. The third-order valence-corrected chi connectivity index (χ3v) is 5.64. The highest BCUT2D eigenvalue weighted by Crippen LogP contribution is 2.25. The Kier molecular flexibility index (Phi) is 5.66. The van der Waals surface area contributed by atoms with Crippen molar-refractivity contribution in [2.75, 3.05) is 32.8 Å². The number of ether oxygens (including phenoxy) is 1. The molecular formula is C19H24N2O2S. The molecule has 1 saturated heterocycles. The summed E-state index contributed by atoms with van der Waals surface area (Å²) in [5, 5.41) is 5.23. The van der Waals surface area contributed by atoms with Gasteiger partial charge in [0.25, 0.3) is 5.91 Å². The van der Waals surface area contributed by atoms with Gasteiger partial charge < -0.3 is 10.1 Å². The van der Waals surface area contributed by atoms with Gasteiger partial charge in [-0.15, -0.1) is 11.3 Å². The Morgan fingerprint density at radius 3 is 2.75 bits per heavy atom. The number of nitrogens with one attached hydrogen (secondary N) is 1. The van der Waals surface area contributed by atoms with Crippen molar-refractivity contribution >= 4 is 17.2 Å². The molecule has 0 saturated carbocycles. The van der Waals surface area contributed by atoms with E-state index in [0.29, 0.717) is 6.54 Å². The van der Waals surface area contributed by atoms with E-state index in [-0.39, 0.29) is 11.9 Å². The van der Waals surface area contributed by atoms with Gasteiger partial charge in [0.05, 0.1) is 19.3 Å². The Labute approximate surface area is 147 Å². The second-order valence-corrected chi connectivity index (χ2v) is 7.12. The van der Waals surface area contributed by atoms with Gasteiger partial charge in [-0.25, -0.2) is 0 Å². The number of hydrogen-bond donors (Lipinski definition) is 1. The van der Waals surface area contributed by atoms with Gasteiger partial charge in [-0.3, -0.25) is 9.69 Å². The molecule has 1 aromatic heterocycles. The van der Waals surface area contributed by atoms with Gasteiger partial charge in [-0.1, -0.05) is 18.2 Å². The van der Waals surface area contributed by atoms with Crippen molar-refractivity contribution in [1.29, 1.82) is 0 Å². The molecule has 2 heterocycles. The van der Waals surface area contributed by atoms with Gasteiger partial charge >= 0.3 is 0 Å². The molecule has 1 amide bonds. The fourth-order valence-electron chi connectivity index (χ4n) is 3.06. The second-order valence-electron chi connectivity index (χ2n) is 6.14. The first kappa shape index (κ1) is 17.1. The lowest BCUT2D eigenvalue weighted by Gasteiger charge is -2.34. The topological polar surface area (TPSA) is 41.6 Å². The number of morpholine rings is 1. The standard InChI is InChI=1S/C19H24N2O2S/c1-14-5-3-6-16(15(14)2)19(22)20-13-17(18-7-4-12-24-18)21-8-10-23-11-9-21/h3-7,12,17H,8-11,13H2,1-2H3,(H,20,22). The van der Waals surface area contributed by atoms with E-state index in [4.69, 9.17) is 4.74 Å². The molecule has 128 valence electrons. The maximum Gasteiger partial charge on any atom is 0.251 e. The number of benzene rings is 1. The maximum atomic E-state index is 12.6. The SMILES string of the molecule is Cc1cccc(C(=O)NCC(c2cccs2)N2CCOCC2)c1C. The van der Waals surface area contributed by atoms with Crippen LogP contribution in [0, 0.1) is 13.8 Å². The van der Waals surface area contributed by atoms with Gasteiger partial charge in [0, 0.05) is 30.1 Å². The van der Waals surface area contributed by atoms with E-state index in [9.17, 15) is 4.79 Å². The minimum absolute atomic E-state index is 0.00557. The molecule has 5 heteroatoms. The minimum atomic E-state index is 0.00557. The third-order valence-electron chi connectivity index (χ3n) is 4.66. The van der Waals surface area contributed by atoms with Crippen molar-refractivity contribution in [2.24, 2.45) is 0 Å². The fraction of sp³-hybridized carbons (Fsp3) is 0.421. The summed E-state index contributed by atoms with van der Waals surface area (Å²) in [5.74, 6) is 0.00557. The van der Waals surface area contributed by atoms with Crippen LogP contribution in [-0.4, -0.2) is 43.7 Å². The van der Waals surface area contributed by atoms with Gasteiger partial charge in [0.15, 0.2) is 0 Å². The molecule has 1 atom stereocenters. The van der Waals surface area contributed by atoms with Gasteiger partial charge in [0.2, 0.25) is 0 Å². The Morgan fingerprint density at radius 1 is 1.25 bits per heavy atom. The van der Waals surface area contributed by atoms with E-state index in [2.05, 4.69) is 27.7 Å². The fourth-order valence-corrected chi connectivity index (χ4v) is 3.92. The Hall–Kier alpha value is -1.69. The number of hydrogen-bond acceptors (Lipinski definition) is 4. The molecule has 1 N–H and O–H groups in total. The number of rotatable bonds is 5. The molecule has 2 aromatic rings. The Morgan fingerprint density at radius 2 is 2.04 bits per heavy atom. The van der Waals surface area contributed by atoms with Crippen molar-refractivity contribution in [3.63, 3.8) is 0 Å². The summed E-state index contributed by atoms with van der Waals surface area (Å²) in [6, 6.07) is 10.3. The highest BCUT2D eigenvalue weighted by Gasteiger charge is 2.24. The van der Waals surface area contributed by atoms with Crippen molar-refractivity contribution in [2.45, 2.75) is 19.9 Å². The number of carbonyl (C=O) groups excluding carboxylic acids is 1. The van der Waals surface area contributed by atoms with Crippen molar-refractivity contribution in [3.8, 4) is 0 Å². The highest BCUT2D eigenvalue weighted by molar-refractivity contribution is 7.10. The van der Waals surface area contributed by atoms with Gasteiger partial charge in [-0.05, 0) is 42.5 Å². The van der Waals surface area contributed by atoms with Crippen molar-refractivity contribution in [1.82, 2.24) is 10.2 Å². The Bertz CT molecular complexity index is 679. The normalized spacial score (nSPS) is 16.8. The molecule has 1 aromatic carbocycles. The van der Waals surface area contributed by atoms with Crippen LogP contribution in [0.25, 0.3) is 0 Å². The molecule has 24 heavy (non-hydrogen) atoms. The molecule has 1 aliphatic heterocycles. The van der Waals surface area contributed by atoms with Crippen LogP contribution in [-0.2, 0) is 4.74 Å². The zero-order chi connectivity index (χ0) is 16.9. The van der Waals surface area contributed by atoms with Crippen LogP contribution in [0.15, 0.2) is 35.7 Å². The molecule has 1 aliphatic rings. The monoisotopic (exact) mass is 344 g/mol. The molecule has 4 nitrogen and oxygen atoms in total. The third kappa shape index (κ3) is 3.86. The first-order valence-electron chi connectivity index (χ1n) is 8.36. The summed E-state index contributed by atoms with van der Waals surface area (Å²) >= 11 is 1.74. The first-order valence-corrected chi connectivity index (χ1v) is 9.24. The smallest absolute Gasteiger partial charge is 0.251 e. The lowest BCUT2D eigenvalue weighted by Crippen LogP contribution is -2.43. The number of nitrogens with zero attached hydrogens (tertiary/aromatic N) is 1. The van der Waals surface area contributed by atoms with E-state index < -0.39 is 0 Å². The van der Waals surface area contributed by atoms with E-state index in [1.54, 1.807) is 11.3 Å². The lowest BCUT2D eigenvalue weighted by atomic mass is 10.0. The molecule has 1 fully saturated rings. The number of aryl methyl sites for hydroxylation is 1. The zero-order valence-corrected chi connectivity index (χ0v) is 15.1. The van der Waals surface area contributed by atoms with Crippen LogP contribution in [0.3, 0.4) is 0 Å². The second kappa shape index (κ2) is 7.92. The summed E-state index contributed by atoms with van der Waals surface area (Å²) in [5.41, 5.74) is 2.96. The van der Waals surface area contributed by atoms with Crippen LogP contribution >= 0.6 is 11.3 Å². The van der Waals surface area contributed by atoms with E-state index in [0.717, 1.165) is 43.0 Å². The molecule has 0 spiro atoms. The van der Waals surface area contributed by atoms with Crippen molar-refractivity contribution in [3.05, 3.63) is 57.3 Å². The van der Waals surface area contributed by atoms with Gasteiger partial charge in [0.1, 0.15) is 0 Å². The predicted molar refractivity (Wildman–Crippen MR) is 97.7 cm³/mol. The lowest BCUT2D eigenvalue weighted by molar-refractivity contribution is 0.0169. The number of carbonyl (C=O) groups is 1. The molecule has 1 unspecified atom stereocenters. The van der Waals surface area contributed by atoms with Crippen LogP contribution in [0.2, 0.25) is 0 Å². The molecular weight excluding hydrogens is 320 g/mol. The van der Waals surface area contributed by atoms with E-state index >= 15 is 0 Å². The van der Waals surface area contributed by atoms with E-state index in [1.807, 2.05) is 32.0 Å². The van der Waals surface area contributed by atoms with Crippen LogP contribution < -0.4 is 5.32 Å². The largest absolute Gasteiger partial charge is 0.379 e. The average molecular weight is 344 g/mol. The molecule has 0 radical (unpaired) electrons. The first-order chi connectivity index (χ1) is 11.7. The highest BCUT2D eigenvalue weighted by atomic mass is 32.1. The van der Waals surface area contributed by atoms with Crippen LogP contribution in [0.1, 0.15) is 32.4 Å². The van der Waals surface area contributed by atoms with Gasteiger partial charge in [-0.2, -0.15) is 0 Å². The quantitative estimate of drug-likeness (QED) is 0.906. The summed E-state index contributed by atoms with van der Waals surface area (Å²) in [6.07, 6.45) is 0.